The molecule has 3 heterocycles. The number of esters is 1. The van der Waals surface area contributed by atoms with Crippen molar-refractivity contribution in [1.29, 1.82) is 0 Å². The molecule has 60 heavy (non-hydrogen) atoms. The van der Waals surface area contributed by atoms with Gasteiger partial charge in [-0.15, -0.1) is 12.3 Å². The maximum Gasteiger partial charge on any atom is 0.311 e. The van der Waals surface area contributed by atoms with E-state index >= 15 is 0 Å². The van der Waals surface area contributed by atoms with Gasteiger partial charge in [0, 0.05) is 63.3 Å². The zero-order valence-corrected chi connectivity index (χ0v) is 38.2. The minimum absolute atomic E-state index is 0.0314. The Bertz CT molecular complexity index is 1430. The third-order valence-corrected chi connectivity index (χ3v) is 12.9. The first kappa shape index (κ1) is 52.3. The van der Waals surface area contributed by atoms with Crippen LogP contribution in [-0.2, 0) is 38.1 Å². The normalized spacial score (nSPS) is 43.0. The van der Waals surface area contributed by atoms with Gasteiger partial charge >= 0.3 is 5.97 Å². The molecule has 17 heteroatoms. The Morgan fingerprint density at radius 2 is 1.58 bits per heavy atom. The number of carbonyl (C=O) groups is 1. The van der Waals surface area contributed by atoms with E-state index in [0.29, 0.717) is 25.9 Å². The summed E-state index contributed by atoms with van der Waals surface area (Å²) in [6.07, 6.45) is -5.46. The van der Waals surface area contributed by atoms with Crippen molar-refractivity contribution in [3.05, 3.63) is 0 Å². The molecule has 3 saturated heterocycles. The molecular formula is C43H77N3O14. The van der Waals surface area contributed by atoms with Crippen LogP contribution in [0.4, 0.5) is 0 Å². The number of terminal acetylenes is 1. The van der Waals surface area contributed by atoms with E-state index in [1.54, 1.807) is 48.5 Å². The number of carbonyl (C=O) groups excluding carboxylic acids is 1. The van der Waals surface area contributed by atoms with Gasteiger partial charge < -0.3 is 68.8 Å². The molecule has 17 nitrogen and oxygen atoms in total. The molecule has 0 aliphatic carbocycles. The van der Waals surface area contributed by atoms with Crippen LogP contribution in [0.5, 0.6) is 0 Å². The van der Waals surface area contributed by atoms with Crippen LogP contribution in [0.3, 0.4) is 0 Å². The van der Waals surface area contributed by atoms with Crippen LogP contribution in [0.15, 0.2) is 5.16 Å². The van der Waals surface area contributed by atoms with E-state index in [2.05, 4.69) is 11.1 Å². The summed E-state index contributed by atoms with van der Waals surface area (Å²) in [5.41, 5.74) is -2.91. The lowest BCUT2D eigenvalue weighted by molar-refractivity contribution is -0.345. The fourth-order valence-electron chi connectivity index (χ4n) is 8.92. The van der Waals surface area contributed by atoms with Crippen LogP contribution in [0.2, 0.25) is 0 Å². The zero-order chi connectivity index (χ0) is 45.5. The van der Waals surface area contributed by atoms with Crippen LogP contribution in [0.25, 0.3) is 0 Å². The second kappa shape index (κ2) is 22.1. The van der Waals surface area contributed by atoms with Gasteiger partial charge in [0.05, 0.1) is 41.6 Å². The fraction of sp³-hybridized carbons (Fsp3) is 0.907. The highest BCUT2D eigenvalue weighted by molar-refractivity contribution is 5.88. The van der Waals surface area contributed by atoms with Crippen LogP contribution in [0, 0.1) is 36.0 Å². The number of ether oxygens (including phenoxy) is 6. The third-order valence-electron chi connectivity index (χ3n) is 12.9. The van der Waals surface area contributed by atoms with Crippen molar-refractivity contribution >= 4 is 11.7 Å². The van der Waals surface area contributed by atoms with Crippen molar-refractivity contribution in [2.24, 2.45) is 28.8 Å². The predicted octanol–water partition coefficient (Wildman–Crippen LogP) is 1.47. The van der Waals surface area contributed by atoms with E-state index in [1.807, 2.05) is 37.9 Å². The number of rotatable bonds is 13. The Kier molecular flexibility index (Phi) is 19.2. The minimum atomic E-state index is -2.76. The number of likely N-dealkylation sites (N-methyl/N-ethyl adjacent to an activating group) is 2. The average molecular weight is 860 g/mol. The number of oxime groups is 1. The molecule has 348 valence electrons. The summed E-state index contributed by atoms with van der Waals surface area (Å²) in [6.45, 7) is 16.0. The summed E-state index contributed by atoms with van der Waals surface area (Å²) >= 11 is 0. The fourth-order valence-corrected chi connectivity index (χ4v) is 8.92. The summed E-state index contributed by atoms with van der Waals surface area (Å²) in [5.74, 6) is -5.00. The number of aliphatic hydroxyl groups excluding tert-OH is 3. The summed E-state index contributed by atoms with van der Waals surface area (Å²) in [5, 5.41) is 75.8. The lowest BCUT2D eigenvalue weighted by Gasteiger charge is -2.48. The monoisotopic (exact) mass is 860 g/mol. The van der Waals surface area contributed by atoms with E-state index in [4.69, 9.17) is 39.7 Å². The molecule has 0 saturated carbocycles. The van der Waals surface area contributed by atoms with E-state index in [9.17, 15) is 35.4 Å². The topological polar surface area (TPSA) is 222 Å². The van der Waals surface area contributed by atoms with Crippen LogP contribution in [-0.4, -0.2) is 185 Å². The van der Waals surface area contributed by atoms with E-state index in [-0.39, 0.29) is 25.2 Å². The van der Waals surface area contributed by atoms with Gasteiger partial charge in [0.15, 0.2) is 18.4 Å². The molecule has 0 spiro atoms. The first-order valence-electron chi connectivity index (χ1n) is 21.4. The molecule has 17 atom stereocenters. The van der Waals surface area contributed by atoms with Gasteiger partial charge in [-0.25, -0.2) is 0 Å². The molecule has 0 aromatic rings. The van der Waals surface area contributed by atoms with Crippen molar-refractivity contribution in [3.63, 3.8) is 0 Å². The number of methoxy groups -OCH3 is 1. The zero-order valence-electron chi connectivity index (χ0n) is 38.2. The molecule has 6 N–H and O–H groups in total. The third kappa shape index (κ3) is 12.6. The van der Waals surface area contributed by atoms with Crippen LogP contribution >= 0.6 is 0 Å². The first-order chi connectivity index (χ1) is 27.9. The van der Waals surface area contributed by atoms with Gasteiger partial charge in [0.25, 0.3) is 0 Å². The number of hydrogen-bond donors (Lipinski definition) is 6. The summed E-state index contributed by atoms with van der Waals surface area (Å²) in [4.78, 5) is 23.9. The van der Waals surface area contributed by atoms with E-state index < -0.39 is 121 Å². The molecule has 0 bridgehead atoms. The van der Waals surface area contributed by atoms with Crippen molar-refractivity contribution < 1.29 is 68.7 Å². The highest BCUT2D eigenvalue weighted by Crippen LogP contribution is 2.40. The minimum Gasteiger partial charge on any atom is -0.459 e. The van der Waals surface area contributed by atoms with Crippen LogP contribution < -0.4 is 0 Å². The van der Waals surface area contributed by atoms with Gasteiger partial charge in [0.1, 0.15) is 36.6 Å². The Labute approximate surface area is 357 Å². The van der Waals surface area contributed by atoms with Gasteiger partial charge in [-0.2, -0.15) is 0 Å². The largest absolute Gasteiger partial charge is 0.459 e. The maximum atomic E-state index is 14.3. The highest BCUT2D eigenvalue weighted by Gasteiger charge is 2.54. The molecule has 0 amide bonds. The maximum absolute atomic E-state index is 14.3. The van der Waals surface area contributed by atoms with E-state index in [1.165, 1.54) is 14.0 Å². The van der Waals surface area contributed by atoms with Gasteiger partial charge in [-0.3, -0.25) is 9.69 Å². The van der Waals surface area contributed by atoms with E-state index in [0.717, 1.165) is 0 Å². The van der Waals surface area contributed by atoms with Crippen molar-refractivity contribution in [2.45, 2.75) is 179 Å². The number of aliphatic hydroxyl groups is 6. The molecule has 8 unspecified atom stereocenters. The average Bonchev–Trinajstić information content (AvgIpc) is 3.17. The molecule has 3 rings (SSSR count). The Morgan fingerprint density at radius 1 is 0.933 bits per heavy atom. The van der Waals surface area contributed by atoms with Crippen molar-refractivity contribution in [2.75, 3.05) is 47.9 Å². The predicted molar refractivity (Wildman–Crippen MR) is 222 cm³/mol. The van der Waals surface area contributed by atoms with Gasteiger partial charge in [-0.05, 0) is 68.6 Å². The summed E-state index contributed by atoms with van der Waals surface area (Å²) in [7, 11) is 7.03. The lowest BCUT2D eigenvalue weighted by atomic mass is 9.76. The Hall–Kier alpha value is -2.02. The van der Waals surface area contributed by atoms with Crippen LogP contribution in [0.1, 0.15) is 94.4 Å². The summed E-state index contributed by atoms with van der Waals surface area (Å²) < 4.78 is 37.3. The van der Waals surface area contributed by atoms with Gasteiger partial charge in [-0.1, -0.05) is 32.9 Å². The Balaban J connectivity index is 2.24. The van der Waals surface area contributed by atoms with Crippen molar-refractivity contribution in [1.82, 2.24) is 9.80 Å². The first-order valence-corrected chi connectivity index (χ1v) is 21.4. The molecule has 3 aliphatic rings. The van der Waals surface area contributed by atoms with Gasteiger partial charge in [0.2, 0.25) is 0 Å². The second-order valence-corrected chi connectivity index (χ2v) is 18.2. The quantitative estimate of drug-likeness (QED) is 0.0508. The molecule has 0 radical (unpaired) electrons. The number of cyclic esters (lactones) is 1. The summed E-state index contributed by atoms with van der Waals surface area (Å²) in [6, 6.07) is -0.470. The smallest absolute Gasteiger partial charge is 0.311 e. The number of nitrogens with zero attached hydrogens (tertiary/aromatic N) is 3. The molecule has 0 aromatic heterocycles. The molecule has 3 aliphatic heterocycles. The highest BCUT2D eigenvalue weighted by atomic mass is 16.7. The van der Waals surface area contributed by atoms with Crippen molar-refractivity contribution in [3.8, 4) is 12.3 Å². The standard InChI is InChI=1S/C43H77N3O14/c1-15-17-18-46(13)30-21-25(4)56-40(34(30)47)60-38-27(6)35(59-32-23-41(9,54-14)37(49)29(8)57-32)28(7)39(50)58-31(16-2)42(10,51)36(48)26(5)33(24(3)22-43(38,52)53)44-55-20-19-45(11)12/h1,24-32,34-38,40,47-49,51-53H,16-23H2,2-14H3/b44-33+/t24-,25?,26?,27+,28?,29?,30?,31-,32+,34?,35+,36?,37+,38-,40?,41-,42-/m1/s1. The lowest BCUT2D eigenvalue weighted by Crippen LogP contribution is -2.62. The molecular weight excluding hydrogens is 782 g/mol. The molecule has 0 aromatic carbocycles. The number of hydrogen-bond acceptors (Lipinski definition) is 17. The molecule has 3 fully saturated rings. The SMILES string of the molecule is C#CCCN(C)C1CC(C)OC(O[C@@H]2[C@@H](C)[C@H](O[C@H]3C[C@@](C)(OC)[C@@H](O)C(C)O3)C(C)C(=O)O[C@H](CC)[C@@](C)(O)C(O)C(C)/C(=N/OCCN(C)C)[C@H](C)CC2(O)O)C1O. The second-order valence-electron chi connectivity index (χ2n) is 18.2. The Morgan fingerprint density at radius 3 is 2.17 bits per heavy atom.